The average Bonchev–Trinajstić information content (AvgIpc) is 2.75. The second kappa shape index (κ2) is 15.5. The first-order valence-corrected chi connectivity index (χ1v) is 12.9. The Kier molecular flexibility index (Phi) is 13.5. The molecule has 1 heteroatoms. The van der Waals surface area contributed by atoms with Crippen LogP contribution in [-0.4, -0.2) is 12.6 Å². The highest BCUT2D eigenvalue weighted by atomic mass is 14.9. The molecule has 1 nitrogen and oxygen atoms in total. The summed E-state index contributed by atoms with van der Waals surface area (Å²) in [4.78, 5) is 0. The summed E-state index contributed by atoms with van der Waals surface area (Å²) in [5, 5.41) is 3.71. The van der Waals surface area contributed by atoms with Gasteiger partial charge in [-0.3, -0.25) is 0 Å². The summed E-state index contributed by atoms with van der Waals surface area (Å²) in [6.07, 6.45) is 24.7. The first-order valence-electron chi connectivity index (χ1n) is 12.9. The number of allylic oxidation sites excluding steroid dienone is 12. The Morgan fingerprint density at radius 3 is 2.47 bits per heavy atom. The molecule has 0 aromatic heterocycles. The first kappa shape index (κ1) is 29.7. The van der Waals surface area contributed by atoms with E-state index in [0.29, 0.717) is 6.04 Å². The summed E-state index contributed by atoms with van der Waals surface area (Å²) in [6, 6.07) is 0.346. The highest BCUT2D eigenvalue weighted by molar-refractivity contribution is 5.62. The Hall–Kier alpha value is -2.38. The van der Waals surface area contributed by atoms with Crippen molar-refractivity contribution in [2.75, 3.05) is 6.54 Å². The van der Waals surface area contributed by atoms with Gasteiger partial charge in [0, 0.05) is 6.04 Å². The summed E-state index contributed by atoms with van der Waals surface area (Å²) < 4.78 is 0. The average molecular weight is 460 g/mol. The lowest BCUT2D eigenvalue weighted by Crippen LogP contribution is -2.28. The van der Waals surface area contributed by atoms with Gasteiger partial charge >= 0.3 is 0 Å². The van der Waals surface area contributed by atoms with Crippen LogP contribution in [0.25, 0.3) is 0 Å². The molecule has 0 heterocycles. The van der Waals surface area contributed by atoms with Crippen LogP contribution in [0.1, 0.15) is 79.6 Å². The second-order valence-corrected chi connectivity index (χ2v) is 10.1. The van der Waals surface area contributed by atoms with E-state index < -0.39 is 0 Å². The molecular formula is C33H49N. The van der Waals surface area contributed by atoms with E-state index in [4.69, 9.17) is 0 Å². The summed E-state index contributed by atoms with van der Waals surface area (Å²) in [5.41, 5.74) is 7.90. The Morgan fingerprint density at radius 1 is 1.12 bits per heavy atom. The van der Waals surface area contributed by atoms with E-state index in [9.17, 15) is 0 Å². The molecule has 0 radical (unpaired) electrons. The maximum atomic E-state index is 4.44. The van der Waals surface area contributed by atoms with Gasteiger partial charge in [-0.15, -0.1) is 13.2 Å². The molecule has 0 aromatic carbocycles. The Balaban J connectivity index is 3.08. The molecule has 1 aliphatic carbocycles. The van der Waals surface area contributed by atoms with E-state index in [2.05, 4.69) is 96.6 Å². The number of nitrogens with one attached hydrogen (secondary N) is 1. The number of unbranched alkanes of at least 4 members (excludes halogenated alkanes) is 3. The van der Waals surface area contributed by atoms with E-state index in [0.717, 1.165) is 32.2 Å². The van der Waals surface area contributed by atoms with Gasteiger partial charge in [-0.2, -0.15) is 0 Å². The number of hydrogen-bond acceptors (Lipinski definition) is 1. The van der Waals surface area contributed by atoms with E-state index in [1.54, 1.807) is 0 Å². The van der Waals surface area contributed by atoms with Crippen LogP contribution in [-0.2, 0) is 0 Å². The van der Waals surface area contributed by atoms with Gasteiger partial charge in [0.2, 0.25) is 0 Å². The number of hydrogen-bond donors (Lipinski definition) is 1. The monoisotopic (exact) mass is 459 g/mol. The lowest BCUT2D eigenvalue weighted by atomic mass is 9.67. The predicted octanol–water partition coefficient (Wildman–Crippen LogP) is 9.52. The molecule has 1 atom stereocenters. The molecule has 0 fully saturated rings. The van der Waals surface area contributed by atoms with Crippen LogP contribution in [0.5, 0.6) is 0 Å². The summed E-state index contributed by atoms with van der Waals surface area (Å²) in [6.45, 7) is 28.4. The maximum absolute atomic E-state index is 4.44. The van der Waals surface area contributed by atoms with Crippen LogP contribution in [0.3, 0.4) is 0 Å². The lowest BCUT2D eigenvalue weighted by Gasteiger charge is -2.37. The molecular weight excluding hydrogens is 410 g/mol. The number of rotatable bonds is 15. The predicted molar refractivity (Wildman–Crippen MR) is 155 cm³/mol. The molecule has 1 rings (SSSR count). The molecule has 0 amide bonds. The van der Waals surface area contributed by atoms with Crippen LogP contribution in [0, 0.1) is 5.41 Å². The summed E-state index contributed by atoms with van der Waals surface area (Å²) in [5.74, 6) is 0. The van der Waals surface area contributed by atoms with Crippen molar-refractivity contribution in [3.8, 4) is 0 Å². The van der Waals surface area contributed by atoms with Crippen molar-refractivity contribution in [2.45, 2.75) is 85.6 Å². The van der Waals surface area contributed by atoms with Crippen LogP contribution >= 0.6 is 0 Å². The minimum atomic E-state index is 0.0738. The normalized spacial score (nSPS) is 19.1. The lowest BCUT2D eigenvalue weighted by molar-refractivity contribution is 0.438. The van der Waals surface area contributed by atoms with Crippen molar-refractivity contribution < 1.29 is 0 Å². The zero-order valence-corrected chi connectivity index (χ0v) is 22.7. The molecule has 0 saturated heterocycles. The van der Waals surface area contributed by atoms with Crippen molar-refractivity contribution >= 4 is 0 Å². The van der Waals surface area contributed by atoms with Gasteiger partial charge in [0.25, 0.3) is 0 Å². The van der Waals surface area contributed by atoms with Gasteiger partial charge in [-0.05, 0) is 99.1 Å². The fraction of sp³-hybridized carbons (Fsp3) is 0.455. The van der Waals surface area contributed by atoms with Crippen LogP contribution in [0.2, 0.25) is 0 Å². The fourth-order valence-corrected chi connectivity index (χ4v) is 4.95. The Labute approximate surface area is 211 Å². The minimum Gasteiger partial charge on any atom is -0.310 e. The smallest absolute Gasteiger partial charge is 0.0287 e. The standard InChI is InChI=1S/C33H49N/c1-10-14-15-16-17-23-34-30(20-13-4)24-26(5)21-22-31-28(7)32(27(6)25-33(31,8)9)29(18-11-2)19-12-3/h10-13,18-19,22,24,30,34H,1-2,4,6,14-17,20-21,23,25H2,3,5,7-9H3/b19-12-,26-24-,29-18+,31-22+. The van der Waals surface area contributed by atoms with Gasteiger partial charge in [0.1, 0.15) is 0 Å². The third-order valence-electron chi connectivity index (χ3n) is 6.48. The molecule has 0 spiro atoms. The molecule has 34 heavy (non-hydrogen) atoms. The molecule has 1 aliphatic rings. The van der Waals surface area contributed by atoms with Crippen molar-refractivity contribution in [1.29, 1.82) is 0 Å². The topological polar surface area (TPSA) is 12.0 Å². The summed E-state index contributed by atoms with van der Waals surface area (Å²) >= 11 is 0. The van der Waals surface area contributed by atoms with Crippen molar-refractivity contribution in [3.05, 3.63) is 108 Å². The first-order chi connectivity index (χ1) is 16.2. The van der Waals surface area contributed by atoms with Gasteiger partial charge in [-0.25, -0.2) is 0 Å². The summed E-state index contributed by atoms with van der Waals surface area (Å²) in [7, 11) is 0. The molecule has 186 valence electrons. The third-order valence-corrected chi connectivity index (χ3v) is 6.48. The molecule has 0 aliphatic heterocycles. The molecule has 1 unspecified atom stereocenters. The molecule has 1 N–H and O–H groups in total. The van der Waals surface area contributed by atoms with Crippen LogP contribution < -0.4 is 5.32 Å². The highest BCUT2D eigenvalue weighted by Crippen LogP contribution is 2.47. The quantitative estimate of drug-likeness (QED) is 0.146. The van der Waals surface area contributed by atoms with Crippen molar-refractivity contribution in [3.63, 3.8) is 0 Å². The van der Waals surface area contributed by atoms with Gasteiger partial charge in [0.05, 0.1) is 0 Å². The molecule has 0 aromatic rings. The van der Waals surface area contributed by atoms with Gasteiger partial charge in [-0.1, -0.05) is 87.6 Å². The molecule has 0 saturated carbocycles. The van der Waals surface area contributed by atoms with Crippen molar-refractivity contribution in [2.24, 2.45) is 5.41 Å². The van der Waals surface area contributed by atoms with Crippen molar-refractivity contribution in [1.82, 2.24) is 5.32 Å². The Morgan fingerprint density at radius 2 is 1.85 bits per heavy atom. The fourth-order valence-electron chi connectivity index (χ4n) is 4.95. The maximum Gasteiger partial charge on any atom is 0.0287 e. The zero-order valence-electron chi connectivity index (χ0n) is 22.7. The van der Waals surface area contributed by atoms with E-state index >= 15 is 0 Å². The zero-order chi connectivity index (χ0) is 25.6. The largest absolute Gasteiger partial charge is 0.310 e. The van der Waals surface area contributed by atoms with E-state index in [1.807, 2.05) is 18.2 Å². The third kappa shape index (κ3) is 9.47. The molecule has 0 bridgehead atoms. The Bertz CT molecular complexity index is 866. The van der Waals surface area contributed by atoms with E-state index in [-0.39, 0.29) is 5.41 Å². The van der Waals surface area contributed by atoms with Gasteiger partial charge in [0.15, 0.2) is 0 Å². The van der Waals surface area contributed by atoms with Gasteiger partial charge < -0.3 is 5.32 Å². The second-order valence-electron chi connectivity index (χ2n) is 10.1. The highest BCUT2D eigenvalue weighted by Gasteiger charge is 2.32. The SMILES string of the molecule is C=C/C=C(\C=C/C)C1=C(C)/C(=C\C/C(C)=C\C(CC=C)NCCCCCC=C)C(C)(C)CC1=C. The minimum absolute atomic E-state index is 0.0738. The van der Waals surface area contributed by atoms with Crippen LogP contribution in [0.4, 0.5) is 0 Å². The van der Waals surface area contributed by atoms with Crippen LogP contribution in [0.15, 0.2) is 108 Å². The van der Waals surface area contributed by atoms with E-state index in [1.165, 1.54) is 52.7 Å².